The molecule has 0 aliphatic carbocycles. The van der Waals surface area contributed by atoms with Gasteiger partial charge in [0.2, 0.25) is 15.9 Å². The first kappa shape index (κ1) is 26.5. The highest BCUT2D eigenvalue weighted by Crippen LogP contribution is 2.35. The van der Waals surface area contributed by atoms with Gasteiger partial charge < -0.3 is 10.2 Å². The molecule has 190 valence electrons. The zero-order valence-corrected chi connectivity index (χ0v) is 19.6. The molecule has 1 saturated heterocycles. The van der Waals surface area contributed by atoms with Crippen LogP contribution >= 0.6 is 0 Å². The third-order valence-corrected chi connectivity index (χ3v) is 5.90. The van der Waals surface area contributed by atoms with Gasteiger partial charge >= 0.3 is 6.18 Å². The standard InChI is InChI=1S/C23H24F5N3O3S/c1-35(33,34)30-22-18(24)11-15(12-19(22)25)14-29-21(32)8-6-16-5-7-17(23(26,27)28)13-20(16)31-9-3-2-4-10-31/h5-8,11-13,30H,2-4,9-10,14H2,1H3,(H,29,32)/b8-6+. The van der Waals surface area contributed by atoms with Crippen molar-refractivity contribution < 1.29 is 35.2 Å². The van der Waals surface area contributed by atoms with E-state index in [0.29, 0.717) is 24.3 Å². The monoisotopic (exact) mass is 517 g/mol. The Labute approximate surface area is 199 Å². The molecule has 0 radical (unpaired) electrons. The fourth-order valence-corrected chi connectivity index (χ4v) is 4.26. The molecule has 1 heterocycles. The Balaban J connectivity index is 1.73. The molecule has 35 heavy (non-hydrogen) atoms. The van der Waals surface area contributed by atoms with Crippen LogP contribution in [-0.2, 0) is 27.5 Å². The van der Waals surface area contributed by atoms with Crippen LogP contribution in [0.4, 0.5) is 33.3 Å². The molecule has 2 aromatic carbocycles. The number of sulfonamides is 1. The number of carbonyl (C=O) groups is 1. The molecule has 1 fully saturated rings. The molecular weight excluding hydrogens is 493 g/mol. The van der Waals surface area contributed by atoms with E-state index in [2.05, 4.69) is 5.32 Å². The fraction of sp³-hybridized carbons (Fsp3) is 0.348. The molecular formula is C23H24F5N3O3S. The molecule has 1 amide bonds. The van der Waals surface area contributed by atoms with E-state index in [4.69, 9.17) is 0 Å². The van der Waals surface area contributed by atoms with Gasteiger partial charge in [-0.3, -0.25) is 9.52 Å². The van der Waals surface area contributed by atoms with Crippen molar-refractivity contribution in [2.24, 2.45) is 0 Å². The van der Waals surface area contributed by atoms with Crippen LogP contribution in [0, 0.1) is 11.6 Å². The maximum atomic E-state index is 14.1. The average molecular weight is 518 g/mol. The van der Waals surface area contributed by atoms with Crippen molar-refractivity contribution in [3.63, 3.8) is 0 Å². The van der Waals surface area contributed by atoms with Crippen LogP contribution in [0.3, 0.4) is 0 Å². The topological polar surface area (TPSA) is 78.5 Å². The number of hydrogen-bond donors (Lipinski definition) is 2. The normalized spacial score (nSPS) is 14.9. The van der Waals surface area contributed by atoms with Crippen LogP contribution in [0.2, 0.25) is 0 Å². The number of nitrogens with one attached hydrogen (secondary N) is 2. The lowest BCUT2D eigenvalue weighted by atomic mass is 10.0. The number of nitrogens with zero attached hydrogens (tertiary/aromatic N) is 1. The number of piperidine rings is 1. The molecule has 12 heteroatoms. The van der Waals surface area contributed by atoms with E-state index < -0.39 is 45.0 Å². The van der Waals surface area contributed by atoms with Gasteiger partial charge in [0.25, 0.3) is 0 Å². The van der Waals surface area contributed by atoms with E-state index in [9.17, 15) is 35.2 Å². The van der Waals surface area contributed by atoms with E-state index in [1.807, 2.05) is 4.90 Å². The zero-order valence-electron chi connectivity index (χ0n) is 18.8. The first-order valence-corrected chi connectivity index (χ1v) is 12.6. The number of hydrogen-bond acceptors (Lipinski definition) is 4. The summed E-state index contributed by atoms with van der Waals surface area (Å²) in [7, 11) is -3.89. The molecule has 3 rings (SSSR count). The molecule has 1 aliphatic rings. The number of halogens is 5. The number of carbonyl (C=O) groups excluding carboxylic acids is 1. The lowest BCUT2D eigenvalue weighted by Crippen LogP contribution is -2.30. The van der Waals surface area contributed by atoms with E-state index in [1.165, 1.54) is 12.1 Å². The van der Waals surface area contributed by atoms with E-state index in [1.54, 1.807) is 4.72 Å². The SMILES string of the molecule is CS(=O)(=O)Nc1c(F)cc(CNC(=O)/C=C/c2ccc(C(F)(F)F)cc2N2CCCCC2)cc1F. The molecule has 0 atom stereocenters. The summed E-state index contributed by atoms with van der Waals surface area (Å²) in [4.78, 5) is 14.1. The lowest BCUT2D eigenvalue weighted by Gasteiger charge is -2.30. The van der Waals surface area contributed by atoms with Gasteiger partial charge in [-0.2, -0.15) is 13.2 Å². The summed E-state index contributed by atoms with van der Waals surface area (Å²) in [6.45, 7) is 0.952. The summed E-state index contributed by atoms with van der Waals surface area (Å²) in [6, 6.07) is 5.08. The second-order valence-corrected chi connectivity index (χ2v) is 9.93. The zero-order chi connectivity index (χ0) is 25.8. The van der Waals surface area contributed by atoms with Gasteiger partial charge in [0.1, 0.15) is 5.69 Å². The maximum Gasteiger partial charge on any atom is 0.416 e. The van der Waals surface area contributed by atoms with Gasteiger partial charge in [-0.1, -0.05) is 6.07 Å². The van der Waals surface area contributed by atoms with E-state index >= 15 is 0 Å². The summed E-state index contributed by atoms with van der Waals surface area (Å²) in [5.41, 5.74) is -0.748. The Morgan fingerprint density at radius 2 is 1.69 bits per heavy atom. The van der Waals surface area contributed by atoms with E-state index in [-0.39, 0.29) is 12.1 Å². The quantitative estimate of drug-likeness (QED) is 0.413. The predicted molar refractivity (Wildman–Crippen MR) is 123 cm³/mol. The van der Waals surface area contributed by atoms with Crippen molar-refractivity contribution in [3.05, 3.63) is 64.7 Å². The van der Waals surface area contributed by atoms with Gasteiger partial charge in [0.05, 0.1) is 11.8 Å². The summed E-state index contributed by atoms with van der Waals surface area (Å²) in [5, 5.41) is 2.43. The molecule has 2 N–H and O–H groups in total. The number of alkyl halides is 3. The number of anilines is 2. The second kappa shape index (κ2) is 10.6. The Morgan fingerprint density at radius 1 is 1.06 bits per heavy atom. The molecule has 0 aromatic heterocycles. The van der Waals surface area contributed by atoms with Crippen molar-refractivity contribution in [2.45, 2.75) is 32.0 Å². The van der Waals surface area contributed by atoms with Crippen LogP contribution < -0.4 is 14.9 Å². The Bertz CT molecular complexity index is 1200. The second-order valence-electron chi connectivity index (χ2n) is 8.18. The molecule has 0 saturated carbocycles. The largest absolute Gasteiger partial charge is 0.416 e. The van der Waals surface area contributed by atoms with Gasteiger partial charge in [0.15, 0.2) is 11.6 Å². The highest BCUT2D eigenvalue weighted by atomic mass is 32.2. The first-order chi connectivity index (χ1) is 16.3. The molecule has 1 aliphatic heterocycles. The van der Waals surface area contributed by atoms with Gasteiger partial charge in [-0.25, -0.2) is 17.2 Å². The molecule has 6 nitrogen and oxygen atoms in total. The van der Waals surface area contributed by atoms with Crippen LogP contribution in [0.15, 0.2) is 36.4 Å². The van der Waals surface area contributed by atoms with Crippen molar-refractivity contribution in [1.29, 1.82) is 0 Å². The highest BCUT2D eigenvalue weighted by Gasteiger charge is 2.31. The Kier molecular flexibility index (Phi) is 8.04. The van der Waals surface area contributed by atoms with Gasteiger partial charge in [-0.05, 0) is 60.7 Å². The van der Waals surface area contributed by atoms with Crippen molar-refractivity contribution in [3.8, 4) is 0 Å². The van der Waals surface area contributed by atoms with Crippen LogP contribution in [0.25, 0.3) is 6.08 Å². The first-order valence-electron chi connectivity index (χ1n) is 10.7. The minimum absolute atomic E-state index is 0.0457. The van der Waals surface area contributed by atoms with Crippen LogP contribution in [0.1, 0.15) is 36.0 Å². The number of rotatable bonds is 7. The molecule has 0 bridgehead atoms. The minimum atomic E-state index is -4.50. The highest BCUT2D eigenvalue weighted by molar-refractivity contribution is 7.92. The fourth-order valence-electron chi connectivity index (χ4n) is 3.69. The third-order valence-electron chi connectivity index (χ3n) is 5.32. The molecule has 0 spiro atoms. The van der Waals surface area contributed by atoms with Crippen molar-refractivity contribution in [2.75, 3.05) is 29.0 Å². The van der Waals surface area contributed by atoms with Gasteiger partial charge in [0, 0.05) is 31.4 Å². The summed E-state index contributed by atoms with van der Waals surface area (Å²) in [6.07, 6.45) is 1.47. The predicted octanol–water partition coefficient (Wildman–Crippen LogP) is 4.68. The molecule has 2 aromatic rings. The smallest absolute Gasteiger partial charge is 0.371 e. The minimum Gasteiger partial charge on any atom is -0.371 e. The molecule has 0 unspecified atom stereocenters. The lowest BCUT2D eigenvalue weighted by molar-refractivity contribution is -0.137. The summed E-state index contributed by atoms with van der Waals surface area (Å²) >= 11 is 0. The third kappa shape index (κ3) is 7.41. The summed E-state index contributed by atoms with van der Waals surface area (Å²) < 4.78 is 92.0. The Hall–Kier alpha value is -3.15. The van der Waals surface area contributed by atoms with Crippen LogP contribution in [-0.4, -0.2) is 33.7 Å². The number of amides is 1. The number of benzene rings is 2. The summed E-state index contributed by atoms with van der Waals surface area (Å²) in [5.74, 6) is -2.93. The van der Waals surface area contributed by atoms with Crippen molar-refractivity contribution in [1.82, 2.24) is 5.32 Å². The average Bonchev–Trinajstić information content (AvgIpc) is 2.78. The van der Waals surface area contributed by atoms with E-state index in [0.717, 1.165) is 55.9 Å². The Morgan fingerprint density at radius 3 is 2.26 bits per heavy atom. The van der Waals surface area contributed by atoms with Crippen molar-refractivity contribution >= 4 is 33.4 Å². The van der Waals surface area contributed by atoms with Crippen LogP contribution in [0.5, 0.6) is 0 Å². The van der Waals surface area contributed by atoms with Gasteiger partial charge in [-0.15, -0.1) is 0 Å². The maximum absolute atomic E-state index is 14.1.